The fourth-order valence-corrected chi connectivity index (χ4v) is 2.22. The number of pyridine rings is 1. The molecule has 0 aliphatic rings. The van der Waals surface area contributed by atoms with Gasteiger partial charge in [-0.1, -0.05) is 26.0 Å². The topological polar surface area (TPSA) is 3.88 Å². The molecule has 1 heteroatoms. The summed E-state index contributed by atoms with van der Waals surface area (Å²) in [5.41, 5.74) is 5.05. The van der Waals surface area contributed by atoms with Crippen molar-refractivity contribution < 1.29 is 8.68 Å². The van der Waals surface area contributed by atoms with Crippen molar-refractivity contribution in [3.05, 3.63) is 53.2 Å². The molecule has 0 saturated carbocycles. The Morgan fingerprint density at radius 1 is 1.17 bits per heavy atom. The third kappa shape index (κ3) is 2.45. The lowest BCUT2D eigenvalue weighted by atomic mass is 9.96. The average Bonchev–Trinajstić information content (AvgIpc) is 2.38. The molecule has 18 heavy (non-hydrogen) atoms. The zero-order chi connectivity index (χ0) is 15.8. The Labute approximate surface area is 114 Å². The van der Waals surface area contributed by atoms with Crippen molar-refractivity contribution in [1.82, 2.24) is 0 Å². The number of aromatic nitrogens is 1. The number of rotatable bonds is 2. The summed E-state index contributed by atoms with van der Waals surface area (Å²) in [5.74, 6) is 0.504. The van der Waals surface area contributed by atoms with Gasteiger partial charge in [0, 0.05) is 21.3 Å². The summed E-state index contributed by atoms with van der Waals surface area (Å²) in [5, 5.41) is 0. The largest absolute Gasteiger partial charge is 0.212 e. The van der Waals surface area contributed by atoms with Crippen molar-refractivity contribution in [2.45, 2.75) is 33.5 Å². The van der Waals surface area contributed by atoms with E-state index < -0.39 is 6.85 Å². The van der Waals surface area contributed by atoms with Gasteiger partial charge in [-0.15, -0.1) is 0 Å². The quantitative estimate of drug-likeness (QED) is 0.704. The summed E-state index contributed by atoms with van der Waals surface area (Å²) >= 11 is 0. The molecule has 0 atom stereocenters. The molecule has 1 aromatic heterocycles. The molecule has 0 unspecified atom stereocenters. The summed E-state index contributed by atoms with van der Waals surface area (Å²) in [7, 11) is 1.89. The molecule has 0 fully saturated rings. The first-order valence-electron chi connectivity index (χ1n) is 7.81. The van der Waals surface area contributed by atoms with Crippen LogP contribution in [0.1, 0.15) is 40.6 Å². The van der Waals surface area contributed by atoms with Crippen LogP contribution in [0.25, 0.3) is 11.3 Å². The molecule has 0 bridgehead atoms. The lowest BCUT2D eigenvalue weighted by molar-refractivity contribution is -0.660. The Balaban J connectivity index is 2.48. The number of hydrogen-bond acceptors (Lipinski definition) is 0. The molecular weight excluding hydrogens is 218 g/mol. The highest BCUT2D eigenvalue weighted by Crippen LogP contribution is 2.24. The molecule has 0 aliphatic carbocycles. The minimum absolute atomic E-state index is 0.366. The summed E-state index contributed by atoms with van der Waals surface area (Å²) in [4.78, 5) is 0. The fraction of sp³-hybridized carbons (Fsp3) is 0.353. The van der Waals surface area contributed by atoms with Crippen LogP contribution in [0.5, 0.6) is 0 Å². The fourth-order valence-electron chi connectivity index (χ4n) is 2.22. The molecule has 1 nitrogen and oxygen atoms in total. The second kappa shape index (κ2) is 4.93. The summed E-state index contributed by atoms with van der Waals surface area (Å²) < 4.78 is 24.3. The molecule has 0 aliphatic heterocycles. The van der Waals surface area contributed by atoms with Gasteiger partial charge in [-0.05, 0) is 43.0 Å². The molecule has 94 valence electrons. The minimum Gasteiger partial charge on any atom is -0.201 e. The molecule has 0 amide bonds. The summed E-state index contributed by atoms with van der Waals surface area (Å²) in [6.07, 6.45) is 1.69. The van der Waals surface area contributed by atoms with Crippen LogP contribution < -0.4 is 4.57 Å². The zero-order valence-corrected chi connectivity index (χ0v) is 11.5. The van der Waals surface area contributed by atoms with E-state index in [1.165, 1.54) is 11.1 Å². The molecular formula is C17H22N+. The number of hydrogen-bond donors (Lipinski definition) is 0. The monoisotopic (exact) mass is 243 g/mol. The van der Waals surface area contributed by atoms with E-state index in [-0.39, 0.29) is 0 Å². The second-order valence-corrected chi connectivity index (χ2v) is 5.14. The highest BCUT2D eigenvalue weighted by atomic mass is 14.9. The normalized spacial score (nSPS) is 14.2. The van der Waals surface area contributed by atoms with Gasteiger partial charge in [-0.2, -0.15) is 0 Å². The highest BCUT2D eigenvalue weighted by molar-refractivity contribution is 5.61. The van der Waals surface area contributed by atoms with Crippen LogP contribution in [0.15, 0.2) is 36.5 Å². The number of aryl methyl sites for hydroxylation is 3. The van der Waals surface area contributed by atoms with E-state index in [0.29, 0.717) is 11.5 Å². The first-order valence-corrected chi connectivity index (χ1v) is 6.31. The van der Waals surface area contributed by atoms with Gasteiger partial charge in [0.05, 0.1) is 0 Å². The van der Waals surface area contributed by atoms with Gasteiger partial charge < -0.3 is 0 Å². The SMILES string of the molecule is [2H]C([2H])([2H])c1ccc(-c2ccc(C(C)C)cc2C)[n+](C)c1. The Morgan fingerprint density at radius 2 is 1.94 bits per heavy atom. The molecule has 0 radical (unpaired) electrons. The van der Waals surface area contributed by atoms with Crippen LogP contribution in [0.2, 0.25) is 0 Å². The standard InChI is InChI=1S/C17H22N/c1-12(2)15-7-8-16(14(4)10-15)17-9-6-13(3)11-18(17)5/h6-12H,1-5H3/q+1/i3D3. The van der Waals surface area contributed by atoms with Crippen molar-refractivity contribution in [2.24, 2.45) is 7.05 Å². The summed E-state index contributed by atoms with van der Waals surface area (Å²) in [6.45, 7) is 4.39. The predicted molar refractivity (Wildman–Crippen MR) is 76.6 cm³/mol. The van der Waals surface area contributed by atoms with E-state index in [1.807, 2.05) is 17.7 Å². The molecule has 0 saturated heterocycles. The van der Waals surface area contributed by atoms with E-state index in [0.717, 1.165) is 11.3 Å². The van der Waals surface area contributed by atoms with Crippen LogP contribution in [-0.4, -0.2) is 0 Å². The van der Waals surface area contributed by atoms with Gasteiger partial charge in [0.15, 0.2) is 6.20 Å². The van der Waals surface area contributed by atoms with Gasteiger partial charge in [0.2, 0.25) is 5.69 Å². The summed E-state index contributed by atoms with van der Waals surface area (Å²) in [6, 6.07) is 10.1. The van der Waals surface area contributed by atoms with Gasteiger partial charge in [-0.25, -0.2) is 4.57 Å². The van der Waals surface area contributed by atoms with Crippen molar-refractivity contribution >= 4 is 0 Å². The maximum absolute atomic E-state index is 7.48. The van der Waals surface area contributed by atoms with Gasteiger partial charge in [0.1, 0.15) is 7.05 Å². The number of benzene rings is 1. The molecule has 1 aromatic carbocycles. The van der Waals surface area contributed by atoms with Gasteiger partial charge >= 0.3 is 0 Å². The smallest absolute Gasteiger partial charge is 0.201 e. The first kappa shape index (κ1) is 9.32. The highest BCUT2D eigenvalue weighted by Gasteiger charge is 2.13. The number of nitrogens with zero attached hydrogens (tertiary/aromatic N) is 1. The maximum atomic E-state index is 7.48. The molecule has 2 aromatic rings. The average molecular weight is 243 g/mol. The van der Waals surface area contributed by atoms with Crippen molar-refractivity contribution in [2.75, 3.05) is 0 Å². The molecule has 2 rings (SSSR count). The van der Waals surface area contributed by atoms with Gasteiger partial charge in [0.25, 0.3) is 0 Å². The third-order valence-electron chi connectivity index (χ3n) is 3.33. The van der Waals surface area contributed by atoms with Crippen LogP contribution in [0.4, 0.5) is 0 Å². The van der Waals surface area contributed by atoms with Crippen LogP contribution in [0, 0.1) is 13.8 Å². The van der Waals surface area contributed by atoms with E-state index in [4.69, 9.17) is 4.11 Å². The Hall–Kier alpha value is -1.63. The minimum atomic E-state index is -2.06. The van der Waals surface area contributed by atoms with Crippen LogP contribution in [-0.2, 0) is 7.05 Å². The molecule has 1 heterocycles. The van der Waals surface area contributed by atoms with Crippen molar-refractivity contribution in [3.63, 3.8) is 0 Å². The van der Waals surface area contributed by atoms with E-state index in [1.54, 1.807) is 12.3 Å². The Kier molecular flexibility index (Phi) is 2.55. The van der Waals surface area contributed by atoms with E-state index >= 15 is 0 Å². The predicted octanol–water partition coefficient (Wildman–Crippen LogP) is 3.92. The van der Waals surface area contributed by atoms with E-state index in [2.05, 4.69) is 39.0 Å². The lowest BCUT2D eigenvalue weighted by Crippen LogP contribution is -2.31. The van der Waals surface area contributed by atoms with Crippen molar-refractivity contribution in [3.8, 4) is 11.3 Å². The maximum Gasteiger partial charge on any atom is 0.212 e. The Morgan fingerprint density at radius 3 is 2.50 bits per heavy atom. The third-order valence-corrected chi connectivity index (χ3v) is 3.33. The van der Waals surface area contributed by atoms with Crippen molar-refractivity contribution in [1.29, 1.82) is 0 Å². The first-order chi connectivity index (χ1) is 9.70. The molecule has 0 N–H and O–H groups in total. The Bertz CT molecular complexity index is 658. The van der Waals surface area contributed by atoms with Gasteiger partial charge in [-0.3, -0.25) is 0 Å². The lowest BCUT2D eigenvalue weighted by Gasteiger charge is -2.10. The van der Waals surface area contributed by atoms with Crippen LogP contribution in [0.3, 0.4) is 0 Å². The second-order valence-electron chi connectivity index (χ2n) is 5.14. The van der Waals surface area contributed by atoms with Crippen LogP contribution >= 0.6 is 0 Å². The molecule has 0 spiro atoms. The zero-order valence-electron chi connectivity index (χ0n) is 14.5. The van der Waals surface area contributed by atoms with E-state index in [9.17, 15) is 0 Å².